The smallest absolute Gasteiger partial charge is 0.232 e. The largest absolute Gasteiger partial charge is 0.476 e. The molecule has 1 aromatic rings. The predicted octanol–water partition coefficient (Wildman–Crippen LogP) is 0.765. The molecule has 0 radical (unpaired) electrons. The maximum Gasteiger partial charge on any atom is 0.232 e. The van der Waals surface area contributed by atoms with Crippen molar-refractivity contribution >= 4 is 5.84 Å². The molecule has 7 heteroatoms. The number of hydrogen-bond acceptors (Lipinski definition) is 6. The molecule has 0 amide bonds. The van der Waals surface area contributed by atoms with E-state index in [-0.39, 0.29) is 11.4 Å². The zero-order chi connectivity index (χ0) is 13.6. The third-order valence-electron chi connectivity index (χ3n) is 2.50. The summed E-state index contributed by atoms with van der Waals surface area (Å²) in [6.07, 6.45) is 3.53. The summed E-state index contributed by atoms with van der Waals surface area (Å²) in [4.78, 5) is 7.95. The van der Waals surface area contributed by atoms with Gasteiger partial charge in [-0.3, -0.25) is 0 Å². The van der Waals surface area contributed by atoms with Crippen molar-refractivity contribution in [2.75, 3.05) is 13.7 Å². The highest BCUT2D eigenvalue weighted by Crippen LogP contribution is 2.13. The Bertz CT molecular complexity index is 403. The van der Waals surface area contributed by atoms with Crippen molar-refractivity contribution in [3.8, 4) is 5.88 Å². The Labute approximate surface area is 106 Å². The number of hydrogen-bond donors (Lipinski definition) is 2. The van der Waals surface area contributed by atoms with E-state index in [1.807, 2.05) is 13.8 Å². The van der Waals surface area contributed by atoms with Gasteiger partial charge in [-0.05, 0) is 13.8 Å². The van der Waals surface area contributed by atoms with Crippen LogP contribution in [0, 0.1) is 0 Å². The molecule has 0 unspecified atom stereocenters. The fourth-order valence-corrected chi connectivity index (χ4v) is 1.08. The fourth-order valence-electron chi connectivity index (χ4n) is 1.08. The van der Waals surface area contributed by atoms with Gasteiger partial charge in [-0.15, -0.1) is 0 Å². The van der Waals surface area contributed by atoms with Crippen molar-refractivity contribution in [1.29, 1.82) is 0 Å². The molecular formula is C11H18N4O3. The van der Waals surface area contributed by atoms with Gasteiger partial charge in [0.15, 0.2) is 5.84 Å². The summed E-state index contributed by atoms with van der Waals surface area (Å²) >= 11 is 0. The van der Waals surface area contributed by atoms with E-state index in [0.29, 0.717) is 18.2 Å². The van der Waals surface area contributed by atoms with Gasteiger partial charge in [0.1, 0.15) is 5.69 Å². The molecule has 3 N–H and O–H groups in total. The molecule has 0 fully saturated rings. The molecule has 0 aliphatic carbocycles. The SMILES string of the molecule is COC(C)(C)CCOc1cnc(C(N)=NO)cn1. The van der Waals surface area contributed by atoms with E-state index >= 15 is 0 Å². The van der Waals surface area contributed by atoms with Crippen molar-refractivity contribution in [3.63, 3.8) is 0 Å². The lowest BCUT2D eigenvalue weighted by atomic mass is 10.1. The normalized spacial score (nSPS) is 12.5. The topological polar surface area (TPSA) is 103 Å². The van der Waals surface area contributed by atoms with Crippen LogP contribution in [0.2, 0.25) is 0 Å². The number of amidine groups is 1. The second kappa shape index (κ2) is 6.15. The summed E-state index contributed by atoms with van der Waals surface area (Å²) in [7, 11) is 1.66. The van der Waals surface area contributed by atoms with E-state index < -0.39 is 0 Å². The highest BCUT2D eigenvalue weighted by atomic mass is 16.5. The van der Waals surface area contributed by atoms with E-state index in [1.165, 1.54) is 12.4 Å². The number of nitrogens with zero attached hydrogens (tertiary/aromatic N) is 3. The molecule has 1 aromatic heterocycles. The maximum atomic E-state index is 8.47. The molecule has 1 rings (SSSR count). The van der Waals surface area contributed by atoms with Crippen molar-refractivity contribution in [2.24, 2.45) is 10.9 Å². The zero-order valence-electron chi connectivity index (χ0n) is 10.8. The van der Waals surface area contributed by atoms with E-state index in [0.717, 1.165) is 6.42 Å². The molecule has 0 saturated heterocycles. The first-order chi connectivity index (χ1) is 8.48. The van der Waals surface area contributed by atoms with Crippen LogP contribution in [0.5, 0.6) is 5.88 Å². The summed E-state index contributed by atoms with van der Waals surface area (Å²) in [5.74, 6) is 0.297. The highest BCUT2D eigenvalue weighted by molar-refractivity contribution is 5.94. The van der Waals surface area contributed by atoms with Gasteiger partial charge >= 0.3 is 0 Å². The van der Waals surface area contributed by atoms with E-state index in [9.17, 15) is 0 Å². The van der Waals surface area contributed by atoms with Gasteiger partial charge in [0.25, 0.3) is 0 Å². The van der Waals surface area contributed by atoms with Gasteiger partial charge in [-0.2, -0.15) is 0 Å². The fraction of sp³-hybridized carbons (Fsp3) is 0.545. The lowest BCUT2D eigenvalue weighted by Crippen LogP contribution is -2.25. The molecule has 0 aliphatic heterocycles. The lowest BCUT2D eigenvalue weighted by molar-refractivity contribution is 0.00505. The minimum Gasteiger partial charge on any atom is -0.476 e. The molecule has 18 heavy (non-hydrogen) atoms. The molecule has 0 aliphatic rings. The summed E-state index contributed by atoms with van der Waals surface area (Å²) in [6, 6.07) is 0. The van der Waals surface area contributed by atoms with Crippen LogP contribution in [-0.2, 0) is 4.74 Å². The Morgan fingerprint density at radius 1 is 1.44 bits per heavy atom. The first-order valence-corrected chi connectivity index (χ1v) is 5.46. The monoisotopic (exact) mass is 254 g/mol. The van der Waals surface area contributed by atoms with Crippen molar-refractivity contribution < 1.29 is 14.7 Å². The Morgan fingerprint density at radius 2 is 2.17 bits per heavy atom. The second-order valence-corrected chi connectivity index (χ2v) is 4.29. The lowest BCUT2D eigenvalue weighted by Gasteiger charge is -2.22. The van der Waals surface area contributed by atoms with Gasteiger partial charge in [-0.25, -0.2) is 9.97 Å². The summed E-state index contributed by atoms with van der Waals surface area (Å²) in [5, 5.41) is 11.3. The Kier molecular flexibility index (Phi) is 4.85. The third kappa shape index (κ3) is 4.17. The average Bonchev–Trinajstić information content (AvgIpc) is 2.38. The van der Waals surface area contributed by atoms with Crippen LogP contribution >= 0.6 is 0 Å². The number of methoxy groups -OCH3 is 1. The second-order valence-electron chi connectivity index (χ2n) is 4.29. The minimum absolute atomic E-state index is 0.0884. The molecule has 0 aromatic carbocycles. The molecule has 0 saturated carbocycles. The van der Waals surface area contributed by atoms with Crippen LogP contribution in [0.3, 0.4) is 0 Å². The predicted molar refractivity (Wildman–Crippen MR) is 65.7 cm³/mol. The zero-order valence-corrected chi connectivity index (χ0v) is 10.8. The van der Waals surface area contributed by atoms with Crippen LogP contribution in [0.15, 0.2) is 17.5 Å². The number of rotatable bonds is 6. The van der Waals surface area contributed by atoms with Crippen LogP contribution in [-0.4, -0.2) is 40.3 Å². The minimum atomic E-state index is -0.235. The maximum absolute atomic E-state index is 8.47. The van der Waals surface area contributed by atoms with E-state index in [4.69, 9.17) is 20.4 Å². The van der Waals surface area contributed by atoms with Crippen LogP contribution < -0.4 is 10.5 Å². The molecular weight excluding hydrogens is 236 g/mol. The van der Waals surface area contributed by atoms with E-state index in [1.54, 1.807) is 7.11 Å². The van der Waals surface area contributed by atoms with Crippen LogP contribution in [0.1, 0.15) is 26.0 Å². The van der Waals surface area contributed by atoms with Crippen molar-refractivity contribution in [3.05, 3.63) is 18.1 Å². The summed E-state index contributed by atoms with van der Waals surface area (Å²) < 4.78 is 10.7. The molecule has 0 spiro atoms. The molecule has 100 valence electrons. The summed E-state index contributed by atoms with van der Waals surface area (Å²) in [6.45, 7) is 4.42. The van der Waals surface area contributed by atoms with Crippen molar-refractivity contribution in [1.82, 2.24) is 9.97 Å². The first kappa shape index (κ1) is 14.2. The van der Waals surface area contributed by atoms with E-state index in [2.05, 4.69) is 15.1 Å². The quantitative estimate of drug-likeness (QED) is 0.336. The van der Waals surface area contributed by atoms with Crippen LogP contribution in [0.25, 0.3) is 0 Å². The molecule has 7 nitrogen and oxygen atoms in total. The standard InChI is InChI=1S/C11H18N4O3/c1-11(2,17-3)4-5-18-9-7-13-8(6-14-9)10(12)15-16/h6-7,16H,4-5H2,1-3H3,(H2,12,15). The van der Waals surface area contributed by atoms with Crippen LogP contribution in [0.4, 0.5) is 0 Å². The number of nitrogens with two attached hydrogens (primary N) is 1. The number of ether oxygens (including phenoxy) is 2. The number of oxime groups is 1. The Hall–Kier alpha value is -1.89. The number of aromatic nitrogens is 2. The van der Waals surface area contributed by atoms with Gasteiger partial charge in [0.2, 0.25) is 5.88 Å². The molecule has 1 heterocycles. The highest BCUT2D eigenvalue weighted by Gasteiger charge is 2.16. The first-order valence-electron chi connectivity index (χ1n) is 5.46. The Morgan fingerprint density at radius 3 is 2.67 bits per heavy atom. The average molecular weight is 254 g/mol. The van der Waals surface area contributed by atoms with Gasteiger partial charge in [0, 0.05) is 13.5 Å². The van der Waals surface area contributed by atoms with Gasteiger partial charge < -0.3 is 20.4 Å². The van der Waals surface area contributed by atoms with Gasteiger partial charge in [0.05, 0.1) is 24.6 Å². The van der Waals surface area contributed by atoms with Crippen molar-refractivity contribution in [2.45, 2.75) is 25.9 Å². The Balaban J connectivity index is 2.50. The van der Waals surface area contributed by atoms with Gasteiger partial charge in [-0.1, -0.05) is 5.16 Å². The molecule has 0 bridgehead atoms. The third-order valence-corrected chi connectivity index (χ3v) is 2.50. The summed E-state index contributed by atoms with van der Waals surface area (Å²) in [5.41, 5.74) is 5.42. The molecule has 0 atom stereocenters.